The number of amides is 1. The summed E-state index contributed by atoms with van der Waals surface area (Å²) in [5.74, 6) is 1.07. The summed E-state index contributed by atoms with van der Waals surface area (Å²) in [5.41, 5.74) is 3.72. The monoisotopic (exact) mass is 370 g/mol. The van der Waals surface area contributed by atoms with E-state index in [1.165, 1.54) is 6.21 Å². The summed E-state index contributed by atoms with van der Waals surface area (Å²) < 4.78 is 11.1. The molecule has 1 amide bonds. The van der Waals surface area contributed by atoms with Crippen LogP contribution in [0.15, 0.2) is 41.6 Å². The Morgan fingerprint density at radius 2 is 1.81 bits per heavy atom. The molecule has 27 heavy (non-hydrogen) atoms. The van der Waals surface area contributed by atoms with E-state index < -0.39 is 0 Å². The van der Waals surface area contributed by atoms with Crippen molar-refractivity contribution in [1.29, 1.82) is 0 Å². The summed E-state index contributed by atoms with van der Waals surface area (Å²) in [5, 5.41) is 6.68. The molecule has 6 heteroatoms. The minimum absolute atomic E-state index is 0.167. The molecule has 0 spiro atoms. The molecule has 0 saturated heterocycles. The van der Waals surface area contributed by atoms with E-state index in [1.807, 2.05) is 64.1 Å². The third kappa shape index (κ3) is 6.02. The smallest absolute Gasteiger partial charge is 0.265 e. The van der Waals surface area contributed by atoms with E-state index in [9.17, 15) is 4.79 Å². The maximum Gasteiger partial charge on any atom is 0.265 e. The molecule has 144 valence electrons. The van der Waals surface area contributed by atoms with Crippen molar-refractivity contribution in [2.45, 2.75) is 27.7 Å². The molecule has 2 aromatic rings. The van der Waals surface area contributed by atoms with Crippen molar-refractivity contribution in [3.05, 3.63) is 53.1 Å². The molecule has 0 aliphatic rings. The lowest BCUT2D eigenvalue weighted by molar-refractivity contribution is -0.120. The number of nitrogens with one attached hydrogen (secondary N) is 1. The van der Waals surface area contributed by atoms with Crippen LogP contribution < -0.4 is 14.8 Å². The number of oxime groups is 1. The third-order valence-corrected chi connectivity index (χ3v) is 3.92. The molecule has 6 nitrogen and oxygen atoms in total. The fourth-order valence-corrected chi connectivity index (χ4v) is 2.41. The largest absolute Gasteiger partial charge is 0.490 e. The molecule has 0 aliphatic carbocycles. The minimum atomic E-state index is -0.262. The van der Waals surface area contributed by atoms with Crippen LogP contribution in [0.4, 0.5) is 5.69 Å². The van der Waals surface area contributed by atoms with Crippen LogP contribution in [0.2, 0.25) is 0 Å². The van der Waals surface area contributed by atoms with Crippen LogP contribution in [-0.4, -0.2) is 31.9 Å². The Morgan fingerprint density at radius 3 is 2.56 bits per heavy atom. The Bertz CT molecular complexity index is 803. The second kappa shape index (κ2) is 10.2. The zero-order valence-electron chi connectivity index (χ0n) is 16.2. The Balaban J connectivity index is 1.90. The van der Waals surface area contributed by atoms with E-state index in [2.05, 4.69) is 10.5 Å². The van der Waals surface area contributed by atoms with Crippen LogP contribution in [0.1, 0.15) is 30.5 Å². The number of rotatable bonds is 9. The summed E-state index contributed by atoms with van der Waals surface area (Å²) in [4.78, 5) is 17.1. The van der Waals surface area contributed by atoms with Crippen molar-refractivity contribution in [2.75, 3.05) is 25.1 Å². The van der Waals surface area contributed by atoms with Gasteiger partial charge in [0.05, 0.1) is 19.4 Å². The van der Waals surface area contributed by atoms with Gasteiger partial charge in [0.2, 0.25) is 0 Å². The van der Waals surface area contributed by atoms with Crippen molar-refractivity contribution in [2.24, 2.45) is 5.16 Å². The lowest BCUT2D eigenvalue weighted by atomic mass is 10.1. The second-order valence-corrected chi connectivity index (χ2v) is 5.88. The lowest BCUT2D eigenvalue weighted by Gasteiger charge is -2.11. The summed E-state index contributed by atoms with van der Waals surface area (Å²) in [6.07, 6.45) is 1.53. The zero-order chi connectivity index (χ0) is 19.6. The fourth-order valence-electron chi connectivity index (χ4n) is 2.41. The quantitative estimate of drug-likeness (QED) is 0.533. The molecule has 1 N–H and O–H groups in total. The first-order chi connectivity index (χ1) is 13.0. The first kappa shape index (κ1) is 20.3. The first-order valence-corrected chi connectivity index (χ1v) is 8.96. The standard InChI is InChI=1S/C21H26N2O4/c1-5-25-19-11-10-17(12-20(19)26-6-2)13-22-27-14-21(24)23-18-9-7-8-15(3)16(18)4/h7-13H,5-6,14H2,1-4H3,(H,23,24). The van der Waals surface area contributed by atoms with Gasteiger partial charge in [-0.1, -0.05) is 17.3 Å². The summed E-state index contributed by atoms with van der Waals surface area (Å²) in [7, 11) is 0. The van der Waals surface area contributed by atoms with E-state index in [0.717, 1.165) is 22.4 Å². The van der Waals surface area contributed by atoms with Crippen molar-refractivity contribution in [3.8, 4) is 11.5 Å². The normalized spacial score (nSPS) is 10.7. The highest BCUT2D eigenvalue weighted by Gasteiger charge is 2.07. The molecule has 2 rings (SSSR count). The molecular formula is C21H26N2O4. The molecule has 0 aliphatic heterocycles. The second-order valence-electron chi connectivity index (χ2n) is 5.88. The van der Waals surface area contributed by atoms with Gasteiger partial charge in [0.25, 0.3) is 5.91 Å². The molecule has 0 bridgehead atoms. The number of carbonyl (C=O) groups excluding carboxylic acids is 1. The van der Waals surface area contributed by atoms with Crippen LogP contribution in [-0.2, 0) is 9.63 Å². The molecule has 0 aromatic heterocycles. The van der Waals surface area contributed by atoms with Crippen molar-refractivity contribution in [1.82, 2.24) is 0 Å². The summed E-state index contributed by atoms with van der Waals surface area (Å²) >= 11 is 0. The lowest BCUT2D eigenvalue weighted by Crippen LogP contribution is -2.17. The Hall–Kier alpha value is -3.02. The van der Waals surface area contributed by atoms with E-state index in [4.69, 9.17) is 14.3 Å². The Kier molecular flexibility index (Phi) is 7.67. The van der Waals surface area contributed by atoms with Gasteiger partial charge in [0.1, 0.15) is 0 Å². The van der Waals surface area contributed by atoms with Gasteiger partial charge in [-0.25, -0.2) is 0 Å². The molecule has 0 heterocycles. The third-order valence-electron chi connectivity index (χ3n) is 3.92. The number of benzene rings is 2. The average Bonchev–Trinajstić information content (AvgIpc) is 2.65. The van der Waals surface area contributed by atoms with Crippen molar-refractivity contribution in [3.63, 3.8) is 0 Å². The van der Waals surface area contributed by atoms with E-state index in [-0.39, 0.29) is 12.5 Å². The van der Waals surface area contributed by atoms with Crippen molar-refractivity contribution < 1.29 is 19.1 Å². The molecule has 0 unspecified atom stereocenters. The zero-order valence-corrected chi connectivity index (χ0v) is 16.2. The molecular weight excluding hydrogens is 344 g/mol. The first-order valence-electron chi connectivity index (χ1n) is 8.96. The Labute approximate surface area is 160 Å². The van der Waals surface area contributed by atoms with Crippen molar-refractivity contribution >= 4 is 17.8 Å². The highest BCUT2D eigenvalue weighted by atomic mass is 16.6. The molecule has 0 atom stereocenters. The maximum atomic E-state index is 12.0. The number of carbonyl (C=O) groups is 1. The van der Waals surface area contributed by atoms with Crippen LogP contribution in [0.5, 0.6) is 11.5 Å². The molecule has 0 radical (unpaired) electrons. The Morgan fingerprint density at radius 1 is 1.07 bits per heavy atom. The van der Waals surface area contributed by atoms with Crippen LogP contribution >= 0.6 is 0 Å². The van der Waals surface area contributed by atoms with Gasteiger partial charge in [-0.2, -0.15) is 0 Å². The van der Waals surface area contributed by atoms with Crippen LogP contribution in [0.3, 0.4) is 0 Å². The topological polar surface area (TPSA) is 69.2 Å². The highest BCUT2D eigenvalue weighted by molar-refractivity contribution is 5.92. The average molecular weight is 370 g/mol. The van der Waals surface area contributed by atoms with Gasteiger partial charge in [-0.15, -0.1) is 0 Å². The van der Waals surface area contributed by atoms with Gasteiger partial charge in [-0.05, 0) is 63.1 Å². The molecule has 2 aromatic carbocycles. The number of hydrogen-bond donors (Lipinski definition) is 1. The van der Waals surface area contributed by atoms with E-state index in [1.54, 1.807) is 0 Å². The van der Waals surface area contributed by atoms with Crippen LogP contribution in [0, 0.1) is 13.8 Å². The number of ether oxygens (including phenoxy) is 2. The summed E-state index contributed by atoms with van der Waals surface area (Å²) in [6.45, 7) is 8.72. The van der Waals surface area contributed by atoms with Gasteiger partial charge in [0.15, 0.2) is 18.1 Å². The number of anilines is 1. The highest BCUT2D eigenvalue weighted by Crippen LogP contribution is 2.28. The van der Waals surface area contributed by atoms with Gasteiger partial charge in [0, 0.05) is 11.3 Å². The predicted octanol–water partition coefficient (Wildman–Crippen LogP) is 4.09. The summed E-state index contributed by atoms with van der Waals surface area (Å²) in [6, 6.07) is 11.2. The van der Waals surface area contributed by atoms with Gasteiger partial charge < -0.3 is 19.6 Å². The minimum Gasteiger partial charge on any atom is -0.490 e. The maximum absolute atomic E-state index is 12.0. The number of hydrogen-bond acceptors (Lipinski definition) is 5. The SMILES string of the molecule is CCOc1ccc(C=NOCC(=O)Nc2cccc(C)c2C)cc1OCC. The van der Waals surface area contributed by atoms with Gasteiger partial charge >= 0.3 is 0 Å². The van der Waals surface area contributed by atoms with Gasteiger partial charge in [-0.3, -0.25) is 4.79 Å². The molecule has 0 saturated carbocycles. The number of nitrogens with zero attached hydrogens (tertiary/aromatic N) is 1. The predicted molar refractivity (Wildman–Crippen MR) is 107 cm³/mol. The number of aryl methyl sites for hydroxylation is 1. The molecule has 0 fully saturated rings. The van der Waals surface area contributed by atoms with Crippen LogP contribution in [0.25, 0.3) is 0 Å². The van der Waals surface area contributed by atoms with E-state index >= 15 is 0 Å². The fraction of sp³-hybridized carbons (Fsp3) is 0.333. The van der Waals surface area contributed by atoms with E-state index in [0.29, 0.717) is 24.7 Å².